The predicted octanol–water partition coefficient (Wildman–Crippen LogP) is 3.27. The van der Waals surface area contributed by atoms with Crippen LogP contribution in [0.1, 0.15) is 16.5 Å². The molecule has 2 aromatic rings. The highest BCUT2D eigenvalue weighted by Gasteiger charge is 2.06. The normalized spacial score (nSPS) is 12.6. The van der Waals surface area contributed by atoms with E-state index in [1.165, 1.54) is 4.88 Å². The second-order valence-corrected chi connectivity index (χ2v) is 5.57. The topological polar surface area (TPSA) is 32.3 Å². The lowest BCUT2D eigenvalue weighted by molar-refractivity contribution is 0.175. The average Bonchev–Trinajstić information content (AvgIpc) is 2.88. The van der Waals surface area contributed by atoms with Crippen molar-refractivity contribution in [3.05, 3.63) is 57.2 Å². The fourth-order valence-corrected chi connectivity index (χ4v) is 2.54. The van der Waals surface area contributed by atoms with E-state index >= 15 is 0 Å². The first-order valence-electron chi connectivity index (χ1n) is 5.92. The summed E-state index contributed by atoms with van der Waals surface area (Å²) < 4.78 is 0. The van der Waals surface area contributed by atoms with Gasteiger partial charge in [0, 0.05) is 23.0 Å². The summed E-state index contributed by atoms with van der Waals surface area (Å²) in [5, 5.41) is 16.0. The van der Waals surface area contributed by atoms with Crippen molar-refractivity contribution in [2.45, 2.75) is 12.5 Å². The van der Waals surface area contributed by atoms with Gasteiger partial charge in [-0.1, -0.05) is 29.8 Å². The van der Waals surface area contributed by atoms with Gasteiger partial charge in [0.05, 0.1) is 6.10 Å². The van der Waals surface area contributed by atoms with Crippen LogP contribution in [0, 0.1) is 0 Å². The molecule has 0 aliphatic carbocycles. The summed E-state index contributed by atoms with van der Waals surface area (Å²) in [7, 11) is 0. The van der Waals surface area contributed by atoms with Gasteiger partial charge in [-0.25, -0.2) is 0 Å². The van der Waals surface area contributed by atoms with Crippen LogP contribution >= 0.6 is 22.9 Å². The quantitative estimate of drug-likeness (QED) is 0.797. The minimum atomic E-state index is -0.481. The fourth-order valence-electron chi connectivity index (χ4n) is 1.71. The Morgan fingerprint density at radius 1 is 1.22 bits per heavy atom. The summed E-state index contributed by atoms with van der Waals surface area (Å²) in [6.07, 6.45) is 0.524. The van der Waals surface area contributed by atoms with Crippen molar-refractivity contribution >= 4 is 22.9 Å². The minimum absolute atomic E-state index is 0.481. The Balaban J connectivity index is 1.71. The Bertz CT molecular complexity index is 455. The minimum Gasteiger partial charge on any atom is -0.387 e. The fraction of sp³-hybridized carbons (Fsp3) is 0.286. The lowest BCUT2D eigenvalue weighted by atomic mass is 10.1. The number of hydrogen-bond donors (Lipinski definition) is 2. The zero-order valence-corrected chi connectivity index (χ0v) is 11.5. The molecule has 0 amide bonds. The van der Waals surface area contributed by atoms with Crippen LogP contribution in [0.5, 0.6) is 0 Å². The van der Waals surface area contributed by atoms with Gasteiger partial charge >= 0.3 is 0 Å². The average molecular weight is 282 g/mol. The first-order chi connectivity index (χ1) is 8.75. The molecule has 1 aromatic carbocycles. The molecule has 0 bridgehead atoms. The molecule has 1 unspecified atom stereocenters. The molecular formula is C14H16ClNOS. The first kappa shape index (κ1) is 13.6. The van der Waals surface area contributed by atoms with Crippen LogP contribution in [0.3, 0.4) is 0 Å². The monoisotopic (exact) mass is 281 g/mol. The van der Waals surface area contributed by atoms with E-state index in [0.717, 1.165) is 18.5 Å². The standard InChI is InChI=1S/C14H16ClNOS/c15-12-5-3-11(4-6-12)14(17)10-16-8-7-13-2-1-9-18-13/h1-6,9,14,16-17H,7-8,10H2. The highest BCUT2D eigenvalue weighted by Crippen LogP contribution is 2.15. The predicted molar refractivity (Wildman–Crippen MR) is 77.3 cm³/mol. The summed E-state index contributed by atoms with van der Waals surface area (Å²) >= 11 is 7.57. The van der Waals surface area contributed by atoms with Crippen LogP contribution in [-0.4, -0.2) is 18.2 Å². The largest absolute Gasteiger partial charge is 0.387 e. The van der Waals surface area contributed by atoms with Gasteiger partial charge in [-0.2, -0.15) is 0 Å². The van der Waals surface area contributed by atoms with Gasteiger partial charge in [0.25, 0.3) is 0 Å². The molecule has 2 nitrogen and oxygen atoms in total. The van der Waals surface area contributed by atoms with Gasteiger partial charge in [0.15, 0.2) is 0 Å². The molecule has 0 saturated carbocycles. The molecule has 1 atom stereocenters. The second kappa shape index (κ2) is 6.90. The van der Waals surface area contributed by atoms with E-state index in [-0.39, 0.29) is 0 Å². The maximum absolute atomic E-state index is 9.97. The van der Waals surface area contributed by atoms with E-state index < -0.39 is 6.10 Å². The number of thiophene rings is 1. The number of halogens is 1. The summed E-state index contributed by atoms with van der Waals surface area (Å²) in [6, 6.07) is 11.5. The van der Waals surface area contributed by atoms with Gasteiger partial charge in [0.2, 0.25) is 0 Å². The van der Waals surface area contributed by atoms with Gasteiger partial charge in [-0.3, -0.25) is 0 Å². The van der Waals surface area contributed by atoms with Crippen molar-refractivity contribution in [1.82, 2.24) is 5.32 Å². The molecule has 0 aliphatic heterocycles. The molecule has 2 rings (SSSR count). The molecule has 1 aromatic heterocycles. The van der Waals surface area contributed by atoms with Crippen molar-refractivity contribution < 1.29 is 5.11 Å². The molecule has 0 fully saturated rings. The number of nitrogens with one attached hydrogen (secondary N) is 1. The molecule has 0 saturated heterocycles. The van der Waals surface area contributed by atoms with Gasteiger partial charge < -0.3 is 10.4 Å². The molecule has 2 N–H and O–H groups in total. The Morgan fingerprint density at radius 2 is 2.00 bits per heavy atom. The number of benzene rings is 1. The lowest BCUT2D eigenvalue weighted by Gasteiger charge is -2.12. The molecule has 1 heterocycles. The van der Waals surface area contributed by atoms with E-state index in [2.05, 4.69) is 22.8 Å². The highest BCUT2D eigenvalue weighted by atomic mass is 35.5. The highest BCUT2D eigenvalue weighted by molar-refractivity contribution is 7.09. The number of rotatable bonds is 6. The second-order valence-electron chi connectivity index (χ2n) is 4.10. The maximum Gasteiger partial charge on any atom is 0.0914 e. The summed E-state index contributed by atoms with van der Waals surface area (Å²) in [4.78, 5) is 1.36. The third-order valence-electron chi connectivity index (χ3n) is 2.72. The summed E-state index contributed by atoms with van der Waals surface area (Å²) in [6.45, 7) is 1.44. The Labute approximate surface area is 116 Å². The maximum atomic E-state index is 9.97. The van der Waals surface area contributed by atoms with E-state index in [0.29, 0.717) is 11.6 Å². The molecule has 96 valence electrons. The van der Waals surface area contributed by atoms with E-state index in [1.54, 1.807) is 23.5 Å². The molecule has 0 aliphatic rings. The third kappa shape index (κ3) is 4.10. The van der Waals surface area contributed by atoms with Gasteiger partial charge in [-0.15, -0.1) is 11.3 Å². The smallest absolute Gasteiger partial charge is 0.0914 e. The summed E-state index contributed by atoms with van der Waals surface area (Å²) in [5.41, 5.74) is 0.892. The van der Waals surface area contributed by atoms with E-state index in [9.17, 15) is 5.11 Å². The zero-order chi connectivity index (χ0) is 12.8. The van der Waals surface area contributed by atoms with Crippen molar-refractivity contribution in [1.29, 1.82) is 0 Å². The van der Waals surface area contributed by atoms with Crippen LogP contribution in [0.4, 0.5) is 0 Å². The van der Waals surface area contributed by atoms with Crippen LogP contribution in [-0.2, 0) is 6.42 Å². The van der Waals surface area contributed by atoms with Crippen molar-refractivity contribution in [3.8, 4) is 0 Å². The molecule has 0 radical (unpaired) electrons. The van der Waals surface area contributed by atoms with Crippen LogP contribution in [0.15, 0.2) is 41.8 Å². The molecule has 0 spiro atoms. The van der Waals surface area contributed by atoms with Crippen LogP contribution in [0.2, 0.25) is 5.02 Å². The number of aliphatic hydroxyl groups excluding tert-OH is 1. The SMILES string of the molecule is OC(CNCCc1cccs1)c1ccc(Cl)cc1. The van der Waals surface area contributed by atoms with Crippen LogP contribution in [0.25, 0.3) is 0 Å². The van der Waals surface area contributed by atoms with Gasteiger partial charge in [0.1, 0.15) is 0 Å². The first-order valence-corrected chi connectivity index (χ1v) is 7.18. The summed E-state index contributed by atoms with van der Waals surface area (Å²) in [5.74, 6) is 0. The van der Waals surface area contributed by atoms with Crippen molar-refractivity contribution in [2.24, 2.45) is 0 Å². The lowest BCUT2D eigenvalue weighted by Crippen LogP contribution is -2.23. The Hall–Kier alpha value is -0.870. The Morgan fingerprint density at radius 3 is 2.67 bits per heavy atom. The molecular weight excluding hydrogens is 266 g/mol. The van der Waals surface area contributed by atoms with Crippen LogP contribution < -0.4 is 5.32 Å². The van der Waals surface area contributed by atoms with E-state index in [4.69, 9.17) is 11.6 Å². The molecule has 4 heteroatoms. The van der Waals surface area contributed by atoms with Crippen molar-refractivity contribution in [3.63, 3.8) is 0 Å². The van der Waals surface area contributed by atoms with Gasteiger partial charge in [-0.05, 0) is 35.6 Å². The molecule has 18 heavy (non-hydrogen) atoms. The van der Waals surface area contributed by atoms with E-state index in [1.807, 2.05) is 12.1 Å². The zero-order valence-electron chi connectivity index (χ0n) is 9.97. The number of hydrogen-bond acceptors (Lipinski definition) is 3. The Kier molecular flexibility index (Phi) is 5.20. The number of aliphatic hydroxyl groups is 1. The van der Waals surface area contributed by atoms with Crippen molar-refractivity contribution in [2.75, 3.05) is 13.1 Å². The third-order valence-corrected chi connectivity index (χ3v) is 3.91.